The summed E-state index contributed by atoms with van der Waals surface area (Å²) in [6.07, 6.45) is 1.56. The summed E-state index contributed by atoms with van der Waals surface area (Å²) in [7, 11) is 0. The van der Waals surface area contributed by atoms with Gasteiger partial charge in [0.15, 0.2) is 0 Å². The number of piperidine rings is 1. The topological polar surface area (TPSA) is 43.9 Å². The van der Waals surface area contributed by atoms with E-state index in [1.165, 1.54) is 6.07 Å². The van der Waals surface area contributed by atoms with Crippen LogP contribution in [0.15, 0.2) is 54.6 Å². The van der Waals surface area contributed by atoms with E-state index in [4.69, 9.17) is 0 Å². The summed E-state index contributed by atoms with van der Waals surface area (Å²) in [6, 6.07) is 16.8. The van der Waals surface area contributed by atoms with Crippen molar-refractivity contribution in [2.45, 2.75) is 25.8 Å². The maximum absolute atomic E-state index is 14.1. The van der Waals surface area contributed by atoms with Gasteiger partial charge in [-0.15, -0.1) is 0 Å². The molecule has 158 valence electrons. The van der Waals surface area contributed by atoms with E-state index in [1.54, 1.807) is 19.1 Å². The molecule has 2 atom stereocenters. The van der Waals surface area contributed by atoms with Crippen LogP contribution in [0.4, 0.5) is 10.1 Å². The molecule has 0 radical (unpaired) electrons. The normalized spacial score (nSPS) is 22.1. The Kier molecular flexibility index (Phi) is 6.02. The smallest absolute Gasteiger partial charge is 0.227 e. The molecule has 2 aliphatic heterocycles. The Morgan fingerprint density at radius 3 is 2.23 bits per heavy atom. The van der Waals surface area contributed by atoms with Crippen LogP contribution in [0.2, 0.25) is 0 Å². The van der Waals surface area contributed by atoms with Crippen LogP contribution >= 0.6 is 0 Å². The molecule has 2 saturated heterocycles. The first kappa shape index (κ1) is 20.4. The van der Waals surface area contributed by atoms with Crippen LogP contribution in [-0.4, -0.2) is 54.3 Å². The monoisotopic (exact) mass is 409 g/mol. The molecule has 0 saturated carbocycles. The summed E-state index contributed by atoms with van der Waals surface area (Å²) in [4.78, 5) is 31.2. The van der Waals surface area contributed by atoms with Gasteiger partial charge in [0, 0.05) is 39.6 Å². The quantitative estimate of drug-likeness (QED) is 0.780. The predicted octanol–water partition coefficient (Wildman–Crippen LogP) is 3.47. The Labute approximate surface area is 177 Å². The first-order valence-electron chi connectivity index (χ1n) is 10.6. The number of hydrogen-bond acceptors (Lipinski definition) is 3. The molecule has 2 aromatic rings. The highest BCUT2D eigenvalue weighted by Gasteiger charge is 2.36. The molecule has 5 nitrogen and oxygen atoms in total. The van der Waals surface area contributed by atoms with Crippen molar-refractivity contribution in [3.63, 3.8) is 0 Å². The number of halogens is 1. The van der Waals surface area contributed by atoms with E-state index in [0.29, 0.717) is 38.4 Å². The zero-order valence-corrected chi connectivity index (χ0v) is 17.3. The minimum absolute atomic E-state index is 0.00530. The van der Waals surface area contributed by atoms with Crippen molar-refractivity contribution in [3.8, 4) is 0 Å². The molecule has 2 unspecified atom stereocenters. The number of likely N-dealkylation sites (tertiary alicyclic amines) is 1. The zero-order valence-electron chi connectivity index (χ0n) is 17.3. The van der Waals surface area contributed by atoms with Gasteiger partial charge < -0.3 is 14.7 Å². The first-order valence-corrected chi connectivity index (χ1v) is 10.6. The fourth-order valence-corrected chi connectivity index (χ4v) is 4.68. The number of nitrogens with zero attached hydrogens (tertiary/aromatic N) is 3. The maximum atomic E-state index is 14.1. The lowest BCUT2D eigenvalue weighted by Crippen LogP contribution is -2.53. The number of carbonyl (C=O) groups excluding carboxylic acids is 2. The van der Waals surface area contributed by atoms with Gasteiger partial charge in [0.05, 0.1) is 17.6 Å². The third-order valence-corrected chi connectivity index (χ3v) is 6.30. The zero-order chi connectivity index (χ0) is 21.1. The van der Waals surface area contributed by atoms with Crippen LogP contribution < -0.4 is 4.90 Å². The van der Waals surface area contributed by atoms with Gasteiger partial charge >= 0.3 is 0 Å². The molecule has 0 spiro atoms. The van der Waals surface area contributed by atoms with Gasteiger partial charge in [-0.3, -0.25) is 9.59 Å². The number of carbonyl (C=O) groups is 2. The van der Waals surface area contributed by atoms with Crippen molar-refractivity contribution in [1.29, 1.82) is 0 Å². The molecular formula is C24H28FN3O2. The number of para-hydroxylation sites is 1. The van der Waals surface area contributed by atoms with Crippen molar-refractivity contribution in [3.05, 3.63) is 66.0 Å². The van der Waals surface area contributed by atoms with E-state index >= 15 is 0 Å². The van der Waals surface area contributed by atoms with Crippen LogP contribution in [-0.2, 0) is 9.59 Å². The van der Waals surface area contributed by atoms with Crippen molar-refractivity contribution in [2.24, 2.45) is 5.92 Å². The second-order valence-corrected chi connectivity index (χ2v) is 8.14. The SMILES string of the molecule is CC(=O)N1CC(C(=O)N2CCN(c3ccccc3F)CC2)CCC1c1ccccc1. The summed E-state index contributed by atoms with van der Waals surface area (Å²) in [5.41, 5.74) is 1.72. The molecule has 0 N–H and O–H groups in total. The number of hydrogen-bond donors (Lipinski definition) is 0. The lowest BCUT2D eigenvalue weighted by molar-refractivity contribution is -0.142. The Hall–Kier alpha value is -2.89. The minimum Gasteiger partial charge on any atom is -0.366 e. The van der Waals surface area contributed by atoms with Crippen LogP contribution in [0, 0.1) is 11.7 Å². The second kappa shape index (κ2) is 8.86. The van der Waals surface area contributed by atoms with Gasteiger partial charge in [-0.2, -0.15) is 0 Å². The summed E-state index contributed by atoms with van der Waals surface area (Å²) in [6.45, 7) is 4.42. The number of rotatable bonds is 3. The van der Waals surface area contributed by atoms with Crippen LogP contribution in [0.3, 0.4) is 0 Å². The van der Waals surface area contributed by atoms with Crippen molar-refractivity contribution >= 4 is 17.5 Å². The fraction of sp³-hybridized carbons (Fsp3) is 0.417. The minimum atomic E-state index is -0.228. The highest BCUT2D eigenvalue weighted by molar-refractivity contribution is 5.81. The van der Waals surface area contributed by atoms with Crippen molar-refractivity contribution < 1.29 is 14.0 Å². The Morgan fingerprint density at radius 1 is 0.900 bits per heavy atom. The number of anilines is 1. The van der Waals surface area contributed by atoms with E-state index in [1.807, 2.05) is 51.1 Å². The standard InChI is InChI=1S/C24H28FN3O2/c1-18(29)28-17-20(11-12-22(28)19-7-3-2-4-8-19)24(30)27-15-13-26(14-16-27)23-10-6-5-9-21(23)25/h2-10,20,22H,11-17H2,1H3. The van der Waals surface area contributed by atoms with Gasteiger partial charge in [-0.05, 0) is 30.5 Å². The predicted molar refractivity (Wildman–Crippen MR) is 114 cm³/mol. The largest absolute Gasteiger partial charge is 0.366 e. The number of benzene rings is 2. The molecule has 6 heteroatoms. The van der Waals surface area contributed by atoms with Gasteiger partial charge in [0.1, 0.15) is 5.82 Å². The maximum Gasteiger partial charge on any atom is 0.227 e. The fourth-order valence-electron chi connectivity index (χ4n) is 4.68. The van der Waals surface area contributed by atoms with E-state index in [2.05, 4.69) is 0 Å². The average Bonchev–Trinajstić information content (AvgIpc) is 2.79. The summed E-state index contributed by atoms with van der Waals surface area (Å²) in [5.74, 6) is -0.283. The van der Waals surface area contributed by atoms with E-state index in [9.17, 15) is 14.0 Å². The Morgan fingerprint density at radius 2 is 1.57 bits per heavy atom. The molecule has 30 heavy (non-hydrogen) atoms. The highest BCUT2D eigenvalue weighted by atomic mass is 19.1. The van der Waals surface area contributed by atoms with E-state index in [-0.39, 0.29) is 29.6 Å². The molecule has 2 aromatic carbocycles. The van der Waals surface area contributed by atoms with Crippen LogP contribution in [0.1, 0.15) is 31.4 Å². The molecule has 0 bridgehead atoms. The third-order valence-electron chi connectivity index (χ3n) is 6.30. The van der Waals surface area contributed by atoms with Gasteiger partial charge in [0.2, 0.25) is 11.8 Å². The first-order chi connectivity index (χ1) is 14.5. The molecular weight excluding hydrogens is 381 g/mol. The highest BCUT2D eigenvalue weighted by Crippen LogP contribution is 2.34. The van der Waals surface area contributed by atoms with E-state index in [0.717, 1.165) is 18.4 Å². The van der Waals surface area contributed by atoms with Crippen LogP contribution in [0.25, 0.3) is 0 Å². The van der Waals surface area contributed by atoms with Gasteiger partial charge in [0.25, 0.3) is 0 Å². The number of amides is 2. The van der Waals surface area contributed by atoms with Gasteiger partial charge in [-0.25, -0.2) is 4.39 Å². The van der Waals surface area contributed by atoms with E-state index < -0.39 is 0 Å². The second-order valence-electron chi connectivity index (χ2n) is 8.14. The molecule has 0 aliphatic carbocycles. The molecule has 2 aliphatic rings. The summed E-state index contributed by atoms with van der Waals surface area (Å²) in [5, 5.41) is 0. The Balaban J connectivity index is 1.39. The molecule has 2 amide bonds. The van der Waals surface area contributed by atoms with Crippen LogP contribution in [0.5, 0.6) is 0 Å². The summed E-state index contributed by atoms with van der Waals surface area (Å²) >= 11 is 0. The summed E-state index contributed by atoms with van der Waals surface area (Å²) < 4.78 is 14.1. The average molecular weight is 410 g/mol. The molecule has 0 aromatic heterocycles. The van der Waals surface area contributed by atoms with Crippen molar-refractivity contribution in [2.75, 3.05) is 37.6 Å². The molecule has 4 rings (SSSR count). The third kappa shape index (κ3) is 4.18. The lowest BCUT2D eigenvalue weighted by Gasteiger charge is -2.42. The Bertz CT molecular complexity index is 896. The molecule has 2 fully saturated rings. The molecule has 2 heterocycles. The van der Waals surface area contributed by atoms with Crippen molar-refractivity contribution in [1.82, 2.24) is 9.80 Å². The van der Waals surface area contributed by atoms with Gasteiger partial charge in [-0.1, -0.05) is 42.5 Å². The lowest BCUT2D eigenvalue weighted by atomic mass is 9.88. The number of piperazine rings is 1.